The Labute approximate surface area is 268 Å². The Balaban J connectivity index is 1.32. The van der Waals surface area contributed by atoms with E-state index in [1.807, 2.05) is 48.0 Å². The summed E-state index contributed by atoms with van der Waals surface area (Å²) in [4.78, 5) is 38.3. The number of carbonyl (C=O) groups is 2. The zero-order valence-electron chi connectivity index (χ0n) is 25.8. The fourth-order valence-electron chi connectivity index (χ4n) is 6.17. The van der Waals surface area contributed by atoms with Crippen molar-refractivity contribution in [2.24, 2.45) is 22.4 Å². The predicted molar refractivity (Wildman–Crippen MR) is 181 cm³/mol. The second-order valence-corrected chi connectivity index (χ2v) is 14.9. The van der Waals surface area contributed by atoms with Crippen LogP contribution in [0.25, 0.3) is 10.2 Å². The third kappa shape index (κ3) is 7.45. The van der Waals surface area contributed by atoms with E-state index >= 15 is 0 Å². The van der Waals surface area contributed by atoms with Gasteiger partial charge in [0.1, 0.15) is 11.8 Å². The number of hydrogen-bond acceptors (Lipinski definition) is 9. The van der Waals surface area contributed by atoms with Gasteiger partial charge in [-0.05, 0) is 82.9 Å². The number of thioether (sulfide) groups is 1. The maximum atomic E-state index is 13.9. The van der Waals surface area contributed by atoms with Crippen LogP contribution in [0.3, 0.4) is 0 Å². The number of rotatable bonds is 18. The fourth-order valence-corrected chi connectivity index (χ4v) is 8.77. The van der Waals surface area contributed by atoms with E-state index in [2.05, 4.69) is 46.5 Å². The van der Waals surface area contributed by atoms with Gasteiger partial charge in [0.05, 0.1) is 22.3 Å². The van der Waals surface area contributed by atoms with Gasteiger partial charge in [0.15, 0.2) is 16.8 Å². The number of nitrogens with two attached hydrogens (primary N) is 2. The van der Waals surface area contributed by atoms with E-state index < -0.39 is 23.9 Å². The minimum atomic E-state index is -0.881. The number of ketones is 2. The SMILES string of the molecule is CCC1(SCC2(N(C)C(O)CCCC3C=CC=CC3)C(=O)C2NC(CCCN=C(N)N)C(=O)c2nc3ccccc3s2)CC1. The van der Waals surface area contributed by atoms with Crippen LogP contribution in [0.15, 0.2) is 53.6 Å². The molecule has 238 valence electrons. The molecule has 0 spiro atoms. The minimum Gasteiger partial charge on any atom is -0.378 e. The van der Waals surface area contributed by atoms with E-state index in [9.17, 15) is 14.7 Å². The highest BCUT2D eigenvalue weighted by atomic mass is 32.2. The van der Waals surface area contributed by atoms with Crippen molar-refractivity contribution in [1.29, 1.82) is 0 Å². The van der Waals surface area contributed by atoms with Crippen molar-refractivity contribution in [3.63, 3.8) is 0 Å². The lowest BCUT2D eigenvalue weighted by Gasteiger charge is -2.33. The van der Waals surface area contributed by atoms with Crippen molar-refractivity contribution in [1.82, 2.24) is 15.2 Å². The number of hydrogen-bond donors (Lipinski definition) is 4. The number of para-hydroxylation sites is 1. The Morgan fingerprint density at radius 3 is 2.73 bits per heavy atom. The van der Waals surface area contributed by atoms with Gasteiger partial charge in [-0.3, -0.25) is 24.8 Å². The largest absolute Gasteiger partial charge is 0.378 e. The molecule has 0 bridgehead atoms. The monoisotopic (exact) mass is 638 g/mol. The summed E-state index contributed by atoms with van der Waals surface area (Å²) >= 11 is 3.21. The summed E-state index contributed by atoms with van der Waals surface area (Å²) in [6.45, 7) is 2.59. The maximum absolute atomic E-state index is 13.9. The number of carbonyl (C=O) groups excluding carboxylic acids is 2. The molecule has 5 rings (SSSR count). The number of likely N-dealkylation sites (N-methyl/N-ethyl adjacent to an activating group) is 1. The van der Waals surface area contributed by atoms with Crippen LogP contribution in [-0.4, -0.2) is 80.5 Å². The van der Waals surface area contributed by atoms with E-state index in [0.717, 1.165) is 48.7 Å². The summed E-state index contributed by atoms with van der Waals surface area (Å²) in [5, 5.41) is 15.3. The number of nitrogens with one attached hydrogen (secondary N) is 1. The highest BCUT2D eigenvalue weighted by Crippen LogP contribution is 2.54. The zero-order valence-corrected chi connectivity index (χ0v) is 27.4. The summed E-state index contributed by atoms with van der Waals surface area (Å²) in [5.41, 5.74) is 11.0. The van der Waals surface area contributed by atoms with Crippen molar-refractivity contribution in [3.05, 3.63) is 53.6 Å². The molecule has 5 unspecified atom stereocenters. The van der Waals surface area contributed by atoms with Crippen molar-refractivity contribution >= 4 is 50.8 Å². The van der Waals surface area contributed by atoms with Crippen LogP contribution in [0, 0.1) is 5.92 Å². The van der Waals surface area contributed by atoms with Crippen LogP contribution >= 0.6 is 23.1 Å². The molecule has 5 atom stereocenters. The molecule has 3 aliphatic carbocycles. The number of aromatic nitrogens is 1. The molecule has 2 saturated carbocycles. The zero-order chi connectivity index (χ0) is 31.3. The fraction of sp³-hybridized carbons (Fsp3) is 0.576. The van der Waals surface area contributed by atoms with Crippen LogP contribution in [0.4, 0.5) is 0 Å². The molecule has 44 heavy (non-hydrogen) atoms. The number of thiazole rings is 1. The molecule has 6 N–H and O–H groups in total. The summed E-state index contributed by atoms with van der Waals surface area (Å²) in [6.07, 6.45) is 15.7. The standard InChI is InChI=1S/C33H46N6O3S2/c1-3-32(18-19-32)43-21-33(39(2)26(40)17-9-13-22-11-5-4-6-12-22)28(29(33)42)37-24(15-10-20-36-31(34)35)27(41)30-38-23-14-7-8-16-25(23)44-30/h4-8,11,14,16,22,24,26,28,37,40H,3,9-10,12-13,15,17-21H2,1-2H3,(H4,34,35,36). The van der Waals surface area contributed by atoms with Gasteiger partial charge in [-0.2, -0.15) is 11.8 Å². The lowest BCUT2D eigenvalue weighted by Crippen LogP contribution is -2.51. The molecule has 3 aliphatic rings. The third-order valence-corrected chi connectivity index (χ3v) is 12.4. The Morgan fingerprint density at radius 2 is 2.05 bits per heavy atom. The number of benzene rings is 1. The second-order valence-electron chi connectivity index (χ2n) is 12.4. The molecule has 2 aromatic rings. The number of aliphatic hydroxyl groups is 1. The van der Waals surface area contributed by atoms with Crippen molar-refractivity contribution in [2.75, 3.05) is 19.3 Å². The third-order valence-electron chi connectivity index (χ3n) is 9.45. The van der Waals surface area contributed by atoms with Gasteiger partial charge in [-0.25, -0.2) is 4.98 Å². The summed E-state index contributed by atoms with van der Waals surface area (Å²) < 4.78 is 1.16. The normalized spacial score (nSPS) is 24.9. The van der Waals surface area contributed by atoms with Gasteiger partial charge in [0.25, 0.3) is 0 Å². The summed E-state index contributed by atoms with van der Waals surface area (Å²) in [7, 11) is 1.86. The van der Waals surface area contributed by atoms with Crippen LogP contribution in [0.5, 0.6) is 0 Å². The summed E-state index contributed by atoms with van der Waals surface area (Å²) in [6, 6.07) is 6.49. The average Bonchev–Trinajstić information content (AvgIpc) is 3.87. The highest BCUT2D eigenvalue weighted by molar-refractivity contribution is 8.01. The average molecular weight is 639 g/mol. The van der Waals surface area contributed by atoms with Crippen LogP contribution in [0.2, 0.25) is 0 Å². The lowest BCUT2D eigenvalue weighted by atomic mass is 9.94. The van der Waals surface area contributed by atoms with E-state index in [0.29, 0.717) is 42.5 Å². The number of allylic oxidation sites excluding steroid dienone is 4. The van der Waals surface area contributed by atoms with Gasteiger partial charge in [0, 0.05) is 17.0 Å². The first kappa shape index (κ1) is 32.8. The smallest absolute Gasteiger partial charge is 0.208 e. The molecule has 1 aromatic heterocycles. The number of aliphatic imine (C=N–C) groups is 1. The molecule has 1 aromatic carbocycles. The van der Waals surface area contributed by atoms with E-state index in [1.54, 1.807) is 0 Å². The first-order valence-electron chi connectivity index (χ1n) is 15.8. The summed E-state index contributed by atoms with van der Waals surface area (Å²) in [5.74, 6) is 0.979. The topological polar surface area (TPSA) is 147 Å². The Hall–Kier alpha value is -2.57. The van der Waals surface area contributed by atoms with E-state index in [1.165, 1.54) is 11.3 Å². The molecule has 11 heteroatoms. The highest BCUT2D eigenvalue weighted by Gasteiger charge is 2.69. The Kier molecular flexibility index (Phi) is 10.6. The molecule has 9 nitrogen and oxygen atoms in total. The predicted octanol–water partition coefficient (Wildman–Crippen LogP) is 4.41. The van der Waals surface area contributed by atoms with Crippen LogP contribution < -0.4 is 16.8 Å². The quantitative estimate of drug-likeness (QED) is 0.0613. The van der Waals surface area contributed by atoms with Crippen molar-refractivity contribution in [3.8, 4) is 0 Å². The van der Waals surface area contributed by atoms with Crippen molar-refractivity contribution < 1.29 is 14.7 Å². The first-order valence-corrected chi connectivity index (χ1v) is 17.6. The molecule has 1 heterocycles. The Morgan fingerprint density at radius 1 is 1.25 bits per heavy atom. The molecular weight excluding hydrogens is 593 g/mol. The van der Waals surface area contributed by atoms with Crippen LogP contribution in [0.1, 0.15) is 74.5 Å². The number of fused-ring (bicyclic) bond motifs is 1. The van der Waals surface area contributed by atoms with Crippen molar-refractivity contribution in [2.45, 2.75) is 93.3 Å². The van der Waals surface area contributed by atoms with Gasteiger partial charge < -0.3 is 16.6 Å². The first-order chi connectivity index (χ1) is 21.2. The van der Waals surface area contributed by atoms with Gasteiger partial charge >= 0.3 is 0 Å². The van der Waals surface area contributed by atoms with Gasteiger partial charge in [-0.15, -0.1) is 11.3 Å². The Bertz CT molecular complexity index is 1380. The molecule has 0 radical (unpaired) electrons. The maximum Gasteiger partial charge on any atom is 0.208 e. The second kappa shape index (κ2) is 14.2. The van der Waals surface area contributed by atoms with Crippen LogP contribution in [-0.2, 0) is 4.79 Å². The molecule has 0 aliphatic heterocycles. The lowest BCUT2D eigenvalue weighted by molar-refractivity contribution is -0.116. The minimum absolute atomic E-state index is 0.0111. The van der Waals surface area contributed by atoms with E-state index in [-0.39, 0.29) is 22.3 Å². The number of nitrogens with zero attached hydrogens (tertiary/aromatic N) is 3. The molecule has 2 fully saturated rings. The van der Waals surface area contributed by atoms with Gasteiger partial charge in [0.2, 0.25) is 5.78 Å². The molecular formula is C33H46N6O3S2. The molecule has 0 saturated heterocycles. The number of guanidine groups is 1. The number of aliphatic hydroxyl groups excluding tert-OH is 1. The molecule has 0 amide bonds. The number of Topliss-reactive ketones (excluding diaryl/α,β-unsaturated/α-hetero) is 2. The van der Waals surface area contributed by atoms with Gasteiger partial charge in [-0.1, -0.05) is 43.4 Å². The van der Waals surface area contributed by atoms with E-state index in [4.69, 9.17) is 11.5 Å².